The zero-order valence-electron chi connectivity index (χ0n) is 16.9. The molecule has 3 rings (SSSR count). The Labute approximate surface area is 168 Å². The van der Waals surface area contributed by atoms with Crippen LogP contribution in [0.3, 0.4) is 0 Å². The van der Waals surface area contributed by atoms with Crippen LogP contribution in [0.5, 0.6) is 0 Å². The van der Waals surface area contributed by atoms with Crippen molar-refractivity contribution in [3.8, 4) is 0 Å². The lowest BCUT2D eigenvalue weighted by Crippen LogP contribution is -2.42. The summed E-state index contributed by atoms with van der Waals surface area (Å²) in [5, 5.41) is 5.57. The highest BCUT2D eigenvalue weighted by Gasteiger charge is 2.26. The van der Waals surface area contributed by atoms with Crippen molar-refractivity contribution in [2.24, 2.45) is 0 Å². The Balaban J connectivity index is 1.61. The standard InChI is InChI=1S/C21H26N4O4/c1-4-14-8-13(9-17(27)24-14)20(28)23-11(2)10-22-21(29)19-12(3)18-15(25-19)6-5-7-16(18)26/h8-9,11,25H,4-7,10H2,1-3H3,(H,22,29)(H,23,28)(H,24,27)/t11-/m1/s1. The van der Waals surface area contributed by atoms with Gasteiger partial charge in [-0.3, -0.25) is 19.2 Å². The van der Waals surface area contributed by atoms with Gasteiger partial charge in [0.25, 0.3) is 11.8 Å². The third kappa shape index (κ3) is 4.47. The summed E-state index contributed by atoms with van der Waals surface area (Å²) in [5.74, 6) is -0.608. The summed E-state index contributed by atoms with van der Waals surface area (Å²) < 4.78 is 0. The van der Waals surface area contributed by atoms with Crippen molar-refractivity contribution in [1.29, 1.82) is 0 Å². The molecule has 0 bridgehead atoms. The van der Waals surface area contributed by atoms with Crippen molar-refractivity contribution in [3.63, 3.8) is 0 Å². The molecule has 1 aliphatic rings. The van der Waals surface area contributed by atoms with Gasteiger partial charge in [-0.1, -0.05) is 6.92 Å². The molecule has 2 heterocycles. The molecule has 8 nitrogen and oxygen atoms in total. The second-order valence-electron chi connectivity index (χ2n) is 7.45. The summed E-state index contributed by atoms with van der Waals surface area (Å²) in [6, 6.07) is 2.55. The number of H-pyrrole nitrogens is 2. The third-order valence-electron chi connectivity index (χ3n) is 5.15. The largest absolute Gasteiger partial charge is 0.354 e. The summed E-state index contributed by atoms with van der Waals surface area (Å²) in [5.41, 5.74) is 3.19. The average molecular weight is 398 g/mol. The molecule has 0 radical (unpaired) electrons. The van der Waals surface area contributed by atoms with Gasteiger partial charge in [0.15, 0.2) is 5.78 Å². The lowest BCUT2D eigenvalue weighted by atomic mass is 9.94. The van der Waals surface area contributed by atoms with Crippen LogP contribution < -0.4 is 16.2 Å². The van der Waals surface area contributed by atoms with E-state index in [0.29, 0.717) is 35.4 Å². The second-order valence-corrected chi connectivity index (χ2v) is 7.45. The Morgan fingerprint density at radius 2 is 1.90 bits per heavy atom. The van der Waals surface area contributed by atoms with Crippen molar-refractivity contribution in [1.82, 2.24) is 20.6 Å². The predicted molar refractivity (Wildman–Crippen MR) is 109 cm³/mol. The molecule has 1 aliphatic carbocycles. The monoisotopic (exact) mass is 398 g/mol. The first-order chi connectivity index (χ1) is 13.8. The quantitative estimate of drug-likeness (QED) is 0.590. The third-order valence-corrected chi connectivity index (χ3v) is 5.15. The number of fused-ring (bicyclic) bond motifs is 1. The van der Waals surface area contributed by atoms with E-state index in [1.807, 2.05) is 6.92 Å². The maximum absolute atomic E-state index is 12.6. The Morgan fingerprint density at radius 1 is 1.14 bits per heavy atom. The normalized spacial score (nSPS) is 14.2. The molecule has 8 heteroatoms. The van der Waals surface area contributed by atoms with Crippen LogP contribution in [0.1, 0.15) is 74.8 Å². The van der Waals surface area contributed by atoms with Gasteiger partial charge in [0.05, 0.1) is 0 Å². The Kier molecular flexibility index (Phi) is 6.00. The van der Waals surface area contributed by atoms with Crippen molar-refractivity contribution in [2.45, 2.75) is 52.5 Å². The molecule has 4 N–H and O–H groups in total. The number of hydrogen-bond donors (Lipinski definition) is 4. The molecule has 0 fully saturated rings. The van der Waals surface area contributed by atoms with Crippen LogP contribution in [-0.4, -0.2) is 40.2 Å². The first kappa shape index (κ1) is 20.6. The van der Waals surface area contributed by atoms with Crippen molar-refractivity contribution < 1.29 is 14.4 Å². The molecule has 2 aromatic rings. The summed E-state index contributed by atoms with van der Waals surface area (Å²) in [6.45, 7) is 5.64. The van der Waals surface area contributed by atoms with E-state index in [1.165, 1.54) is 6.07 Å². The van der Waals surface area contributed by atoms with Gasteiger partial charge >= 0.3 is 0 Å². The maximum Gasteiger partial charge on any atom is 0.268 e. The van der Waals surface area contributed by atoms with Crippen LogP contribution in [0.4, 0.5) is 0 Å². The zero-order chi connectivity index (χ0) is 21.1. The first-order valence-electron chi connectivity index (χ1n) is 9.87. The number of aryl methyl sites for hydroxylation is 2. The van der Waals surface area contributed by atoms with Gasteiger partial charge in [0, 0.05) is 47.6 Å². The minimum Gasteiger partial charge on any atom is -0.354 e. The van der Waals surface area contributed by atoms with E-state index in [1.54, 1.807) is 19.9 Å². The molecule has 0 unspecified atom stereocenters. The van der Waals surface area contributed by atoms with Crippen LogP contribution >= 0.6 is 0 Å². The smallest absolute Gasteiger partial charge is 0.268 e. The van der Waals surface area contributed by atoms with E-state index in [9.17, 15) is 19.2 Å². The number of amides is 2. The van der Waals surface area contributed by atoms with Crippen LogP contribution in [0.2, 0.25) is 0 Å². The molecule has 1 atom stereocenters. The van der Waals surface area contributed by atoms with Gasteiger partial charge in [0.1, 0.15) is 5.69 Å². The minimum absolute atomic E-state index is 0.0731. The molecular weight excluding hydrogens is 372 g/mol. The van der Waals surface area contributed by atoms with Crippen LogP contribution in [0.25, 0.3) is 0 Å². The number of nitrogens with one attached hydrogen (secondary N) is 4. The highest BCUT2D eigenvalue weighted by molar-refractivity contribution is 6.04. The lowest BCUT2D eigenvalue weighted by Gasteiger charge is -2.15. The minimum atomic E-state index is -0.371. The van der Waals surface area contributed by atoms with Crippen LogP contribution in [0.15, 0.2) is 16.9 Å². The van der Waals surface area contributed by atoms with Gasteiger partial charge in [-0.25, -0.2) is 0 Å². The molecule has 0 spiro atoms. The molecule has 0 aromatic carbocycles. The Hall–Kier alpha value is -3.16. The fourth-order valence-electron chi connectivity index (χ4n) is 3.62. The van der Waals surface area contributed by atoms with E-state index >= 15 is 0 Å². The molecule has 0 aliphatic heterocycles. The topological polar surface area (TPSA) is 124 Å². The van der Waals surface area contributed by atoms with Gasteiger partial charge in [0.2, 0.25) is 5.56 Å². The number of aromatic amines is 2. The van der Waals surface area contributed by atoms with Gasteiger partial charge < -0.3 is 20.6 Å². The summed E-state index contributed by atoms with van der Waals surface area (Å²) in [7, 11) is 0. The molecule has 0 saturated heterocycles. The lowest BCUT2D eigenvalue weighted by molar-refractivity contribution is 0.0909. The highest BCUT2D eigenvalue weighted by Crippen LogP contribution is 2.26. The van der Waals surface area contributed by atoms with Gasteiger partial charge in [-0.15, -0.1) is 0 Å². The number of pyridine rings is 1. The Morgan fingerprint density at radius 3 is 2.59 bits per heavy atom. The van der Waals surface area contributed by atoms with E-state index < -0.39 is 0 Å². The van der Waals surface area contributed by atoms with E-state index in [2.05, 4.69) is 20.6 Å². The van der Waals surface area contributed by atoms with Crippen molar-refractivity contribution in [3.05, 3.63) is 56.3 Å². The summed E-state index contributed by atoms with van der Waals surface area (Å²) >= 11 is 0. The zero-order valence-corrected chi connectivity index (χ0v) is 16.9. The first-order valence-corrected chi connectivity index (χ1v) is 9.87. The molecule has 2 amide bonds. The number of ketones is 1. The Bertz CT molecular complexity index is 1020. The van der Waals surface area contributed by atoms with Crippen molar-refractivity contribution >= 4 is 17.6 Å². The fraction of sp³-hybridized carbons (Fsp3) is 0.429. The molecule has 154 valence electrons. The number of hydrogen-bond acceptors (Lipinski definition) is 4. The van der Waals surface area contributed by atoms with Crippen molar-refractivity contribution in [2.75, 3.05) is 6.54 Å². The predicted octanol–water partition coefficient (Wildman–Crippen LogP) is 1.64. The molecule has 29 heavy (non-hydrogen) atoms. The average Bonchev–Trinajstić information content (AvgIpc) is 3.03. The molecular formula is C21H26N4O4. The molecule has 2 aromatic heterocycles. The SMILES string of the molecule is CCc1cc(C(=O)N[C@H](C)CNC(=O)c2[nH]c3c(c2C)C(=O)CCC3)cc(=O)[nH]1. The van der Waals surface area contributed by atoms with Gasteiger partial charge in [-0.05, 0) is 44.7 Å². The number of aromatic nitrogens is 2. The fourth-order valence-corrected chi connectivity index (χ4v) is 3.62. The van der Waals surface area contributed by atoms with Crippen LogP contribution in [-0.2, 0) is 12.8 Å². The van der Waals surface area contributed by atoms with E-state index in [0.717, 1.165) is 18.5 Å². The summed E-state index contributed by atoms with van der Waals surface area (Å²) in [4.78, 5) is 54.5. The molecule has 0 saturated carbocycles. The summed E-state index contributed by atoms with van der Waals surface area (Å²) in [6.07, 6.45) is 2.68. The van der Waals surface area contributed by atoms with Crippen LogP contribution in [0, 0.1) is 6.92 Å². The number of carbonyl (C=O) groups is 3. The van der Waals surface area contributed by atoms with Gasteiger partial charge in [-0.2, -0.15) is 0 Å². The second kappa shape index (κ2) is 8.46. The highest BCUT2D eigenvalue weighted by atomic mass is 16.2. The number of rotatable bonds is 6. The maximum atomic E-state index is 12.6. The number of Topliss-reactive ketones (excluding diaryl/α,β-unsaturated/α-hetero) is 1. The number of carbonyl (C=O) groups excluding carboxylic acids is 3. The van der Waals surface area contributed by atoms with E-state index in [4.69, 9.17) is 0 Å². The van der Waals surface area contributed by atoms with E-state index in [-0.39, 0.29) is 41.3 Å².